The number of halogens is 2. The lowest BCUT2D eigenvalue weighted by Gasteiger charge is -2.32. The van der Waals surface area contributed by atoms with Gasteiger partial charge in [0.2, 0.25) is 0 Å². The Morgan fingerprint density at radius 1 is 1.29 bits per heavy atom. The largest absolute Gasteiger partial charge is 0.435 e. The van der Waals surface area contributed by atoms with E-state index in [1.807, 2.05) is 0 Å². The van der Waals surface area contributed by atoms with E-state index >= 15 is 0 Å². The predicted octanol–water partition coefficient (Wildman–Crippen LogP) is 1.90. The predicted molar refractivity (Wildman–Crippen MR) is 58.9 cm³/mol. The van der Waals surface area contributed by atoms with Crippen LogP contribution in [0, 0.1) is 0 Å². The molecule has 0 heterocycles. The van der Waals surface area contributed by atoms with Gasteiger partial charge in [-0.3, -0.25) is 0 Å². The van der Waals surface area contributed by atoms with Gasteiger partial charge in [-0.25, -0.2) is 0 Å². The van der Waals surface area contributed by atoms with Gasteiger partial charge in [-0.2, -0.15) is 8.78 Å². The Kier molecular flexibility index (Phi) is 3.91. The second-order valence-electron chi connectivity index (χ2n) is 4.23. The Hall–Kier alpha value is -1.20. The molecule has 0 aliphatic heterocycles. The summed E-state index contributed by atoms with van der Waals surface area (Å²) in [5.74, 6) is 0.169. The molecule has 0 amide bonds. The van der Waals surface area contributed by atoms with Crippen LogP contribution in [0.5, 0.6) is 5.75 Å². The molecule has 3 nitrogen and oxygen atoms in total. The molecule has 0 spiro atoms. The third kappa shape index (κ3) is 3.64. The van der Waals surface area contributed by atoms with Crippen LogP contribution in [0.2, 0.25) is 0 Å². The van der Waals surface area contributed by atoms with Gasteiger partial charge in [0.15, 0.2) is 0 Å². The average Bonchev–Trinajstić information content (AvgIpc) is 2.24. The number of rotatable bonds is 5. The zero-order valence-corrected chi connectivity index (χ0v) is 9.27. The normalized spacial score (nSPS) is 23.5. The fourth-order valence-electron chi connectivity index (χ4n) is 1.81. The molecule has 1 aliphatic rings. The lowest BCUT2D eigenvalue weighted by Crippen LogP contribution is -2.43. The van der Waals surface area contributed by atoms with Crippen LogP contribution in [0.25, 0.3) is 0 Å². The first kappa shape index (κ1) is 12.3. The lowest BCUT2D eigenvalue weighted by molar-refractivity contribution is -0.0498. The molecule has 0 atom stereocenters. The minimum absolute atomic E-state index is 0.169. The van der Waals surface area contributed by atoms with Crippen LogP contribution < -0.4 is 10.1 Å². The first-order valence-corrected chi connectivity index (χ1v) is 5.58. The van der Waals surface area contributed by atoms with Gasteiger partial charge in [-0.1, -0.05) is 12.1 Å². The van der Waals surface area contributed by atoms with Crippen LogP contribution in [-0.2, 0) is 6.54 Å². The van der Waals surface area contributed by atoms with Crippen molar-refractivity contribution in [3.63, 3.8) is 0 Å². The second kappa shape index (κ2) is 5.42. The molecule has 1 aromatic rings. The topological polar surface area (TPSA) is 41.5 Å². The molecule has 0 aromatic heterocycles. The Morgan fingerprint density at radius 2 is 1.94 bits per heavy atom. The SMILES string of the molecule is OC1CC(NCc2ccc(OC(F)F)cc2)C1. The first-order valence-electron chi connectivity index (χ1n) is 5.58. The van der Waals surface area contributed by atoms with Crippen molar-refractivity contribution in [2.24, 2.45) is 0 Å². The number of benzene rings is 1. The van der Waals surface area contributed by atoms with E-state index in [2.05, 4.69) is 10.1 Å². The molecule has 94 valence electrons. The maximum absolute atomic E-state index is 11.9. The smallest absolute Gasteiger partial charge is 0.387 e. The number of hydrogen-bond donors (Lipinski definition) is 2. The van der Waals surface area contributed by atoms with Crippen LogP contribution in [0.4, 0.5) is 8.78 Å². The van der Waals surface area contributed by atoms with Crippen LogP contribution in [0.15, 0.2) is 24.3 Å². The van der Waals surface area contributed by atoms with E-state index in [1.165, 1.54) is 12.1 Å². The highest BCUT2D eigenvalue weighted by Gasteiger charge is 2.26. The van der Waals surface area contributed by atoms with Gasteiger partial charge in [0, 0.05) is 12.6 Å². The molecule has 17 heavy (non-hydrogen) atoms. The summed E-state index contributed by atoms with van der Waals surface area (Å²) in [6, 6.07) is 6.92. The van der Waals surface area contributed by atoms with Gasteiger partial charge in [0.1, 0.15) is 5.75 Å². The number of alkyl halides is 2. The number of hydrogen-bond acceptors (Lipinski definition) is 3. The van der Waals surface area contributed by atoms with Gasteiger partial charge in [-0.05, 0) is 30.5 Å². The number of aliphatic hydroxyl groups excluding tert-OH is 1. The molecule has 0 unspecified atom stereocenters. The summed E-state index contributed by atoms with van der Waals surface area (Å²) in [5.41, 5.74) is 1.01. The zero-order chi connectivity index (χ0) is 12.3. The third-order valence-electron chi connectivity index (χ3n) is 2.86. The highest BCUT2D eigenvalue weighted by Crippen LogP contribution is 2.20. The van der Waals surface area contributed by atoms with E-state index in [9.17, 15) is 8.78 Å². The Labute approximate surface area is 98.4 Å². The molecule has 1 saturated carbocycles. The quantitative estimate of drug-likeness (QED) is 0.830. The molecule has 0 saturated heterocycles. The molecule has 2 rings (SSSR count). The summed E-state index contributed by atoms with van der Waals surface area (Å²) in [5, 5.41) is 12.4. The third-order valence-corrected chi connectivity index (χ3v) is 2.86. The monoisotopic (exact) mass is 243 g/mol. The Bertz CT molecular complexity index is 350. The summed E-state index contributed by atoms with van der Waals surface area (Å²) >= 11 is 0. The second-order valence-corrected chi connectivity index (χ2v) is 4.23. The lowest BCUT2D eigenvalue weighted by atomic mass is 9.89. The van der Waals surface area contributed by atoms with Crippen LogP contribution in [0.1, 0.15) is 18.4 Å². The molecule has 1 fully saturated rings. The summed E-state index contributed by atoms with van der Waals surface area (Å²) in [6.45, 7) is -2.11. The highest BCUT2D eigenvalue weighted by molar-refractivity contribution is 5.27. The van der Waals surface area contributed by atoms with Crippen molar-refractivity contribution in [2.75, 3.05) is 0 Å². The standard InChI is InChI=1S/C12H15F2NO2/c13-12(14)17-11-3-1-8(2-4-11)7-15-9-5-10(16)6-9/h1-4,9-10,12,15-16H,5-7H2. The van der Waals surface area contributed by atoms with Crippen molar-refractivity contribution in [1.82, 2.24) is 5.32 Å². The summed E-state index contributed by atoms with van der Waals surface area (Å²) in [6.07, 6.45) is 1.40. The number of nitrogens with one attached hydrogen (secondary N) is 1. The van der Waals surface area contributed by atoms with E-state index < -0.39 is 6.61 Å². The fraction of sp³-hybridized carbons (Fsp3) is 0.500. The van der Waals surface area contributed by atoms with Crippen molar-refractivity contribution < 1.29 is 18.6 Å². The van der Waals surface area contributed by atoms with Gasteiger partial charge < -0.3 is 15.2 Å². The molecule has 1 aliphatic carbocycles. The molecule has 0 bridgehead atoms. The highest BCUT2D eigenvalue weighted by atomic mass is 19.3. The van der Waals surface area contributed by atoms with E-state index in [4.69, 9.17) is 5.11 Å². The molecule has 0 radical (unpaired) electrons. The molecular weight excluding hydrogens is 228 g/mol. The van der Waals surface area contributed by atoms with Gasteiger partial charge >= 0.3 is 6.61 Å². The van der Waals surface area contributed by atoms with E-state index in [0.717, 1.165) is 18.4 Å². The van der Waals surface area contributed by atoms with Crippen molar-refractivity contribution in [3.8, 4) is 5.75 Å². The minimum Gasteiger partial charge on any atom is -0.435 e. The average molecular weight is 243 g/mol. The minimum atomic E-state index is -2.78. The van der Waals surface area contributed by atoms with Gasteiger partial charge in [-0.15, -0.1) is 0 Å². The molecule has 1 aromatic carbocycles. The van der Waals surface area contributed by atoms with Gasteiger partial charge in [0.25, 0.3) is 0 Å². The van der Waals surface area contributed by atoms with Crippen LogP contribution in [0.3, 0.4) is 0 Å². The summed E-state index contributed by atoms with van der Waals surface area (Å²) < 4.78 is 28.1. The van der Waals surface area contributed by atoms with Crippen LogP contribution in [-0.4, -0.2) is 23.9 Å². The fourth-order valence-corrected chi connectivity index (χ4v) is 1.81. The molecule has 2 N–H and O–H groups in total. The maximum Gasteiger partial charge on any atom is 0.387 e. The van der Waals surface area contributed by atoms with E-state index in [1.54, 1.807) is 12.1 Å². The Morgan fingerprint density at radius 3 is 2.47 bits per heavy atom. The van der Waals surface area contributed by atoms with Crippen molar-refractivity contribution in [1.29, 1.82) is 0 Å². The van der Waals surface area contributed by atoms with E-state index in [0.29, 0.717) is 12.6 Å². The number of aliphatic hydroxyl groups is 1. The maximum atomic E-state index is 11.9. The van der Waals surface area contributed by atoms with Crippen molar-refractivity contribution in [3.05, 3.63) is 29.8 Å². The Balaban J connectivity index is 1.77. The summed E-state index contributed by atoms with van der Waals surface area (Å²) in [4.78, 5) is 0. The zero-order valence-electron chi connectivity index (χ0n) is 9.27. The van der Waals surface area contributed by atoms with Crippen LogP contribution >= 0.6 is 0 Å². The van der Waals surface area contributed by atoms with Gasteiger partial charge in [0.05, 0.1) is 6.10 Å². The number of ether oxygens (including phenoxy) is 1. The van der Waals surface area contributed by atoms with E-state index in [-0.39, 0.29) is 11.9 Å². The van der Waals surface area contributed by atoms with Crippen molar-refractivity contribution >= 4 is 0 Å². The first-order chi connectivity index (χ1) is 8.13. The molecule has 5 heteroatoms. The summed E-state index contributed by atoms with van der Waals surface area (Å²) in [7, 11) is 0. The molecular formula is C12H15F2NO2. The van der Waals surface area contributed by atoms with Crippen molar-refractivity contribution in [2.45, 2.75) is 38.1 Å².